The van der Waals surface area contributed by atoms with Gasteiger partial charge in [0.25, 0.3) is 0 Å². The number of ketones is 2. The summed E-state index contributed by atoms with van der Waals surface area (Å²) in [6.07, 6.45) is 9.29. The molecule has 3 saturated carbocycles. The van der Waals surface area contributed by atoms with E-state index in [9.17, 15) is 19.1 Å². The molecule has 5 heteroatoms. The van der Waals surface area contributed by atoms with E-state index < -0.39 is 18.2 Å². The molecule has 0 radical (unpaired) electrons. The number of allylic oxidation sites excluding steroid dienone is 4. The number of halogens is 1. The highest BCUT2D eigenvalue weighted by Crippen LogP contribution is 2.72. The van der Waals surface area contributed by atoms with E-state index >= 15 is 0 Å². The zero-order valence-electron chi connectivity index (χ0n) is 20.6. The van der Waals surface area contributed by atoms with E-state index in [0.29, 0.717) is 24.8 Å². The summed E-state index contributed by atoms with van der Waals surface area (Å²) in [5, 5.41) is 11.7. The lowest BCUT2D eigenvalue weighted by molar-refractivity contribution is -0.157. The predicted octanol–water partition coefficient (Wildman–Crippen LogP) is 4.38. The van der Waals surface area contributed by atoms with Crippen LogP contribution in [0.4, 0.5) is 4.39 Å². The number of aliphatic hydroxyl groups excluding tert-OH is 1. The third-order valence-electron chi connectivity index (χ3n) is 10.7. The molecule has 0 aromatic rings. The molecule has 0 amide bonds. The lowest BCUT2D eigenvalue weighted by Crippen LogP contribution is -2.60. The summed E-state index contributed by atoms with van der Waals surface area (Å²) in [5.74, 6) is 1.22. The number of nitrogens with zero attached hydrogens (tertiary/aromatic N) is 1. The fourth-order valence-corrected chi connectivity index (χ4v) is 9.23. The molecule has 182 valence electrons. The Hall–Kier alpha value is -1.33. The third kappa shape index (κ3) is 3.14. The Morgan fingerprint density at radius 3 is 2.79 bits per heavy atom. The lowest BCUT2D eigenvalue weighted by Gasteiger charge is -2.60. The minimum Gasteiger partial charge on any atom is -0.393 e. The average Bonchev–Trinajstić information content (AvgIpc) is 3.24. The molecule has 0 bridgehead atoms. The molecule has 8 atom stereocenters. The molecule has 4 nitrogen and oxygen atoms in total. The lowest BCUT2D eigenvalue weighted by atomic mass is 9.44. The van der Waals surface area contributed by atoms with Gasteiger partial charge in [-0.1, -0.05) is 39.3 Å². The number of carbonyl (C=O) groups is 2. The molecule has 1 heterocycles. The van der Waals surface area contributed by atoms with Crippen LogP contribution in [0.15, 0.2) is 23.8 Å². The average molecular weight is 458 g/mol. The smallest absolute Gasteiger partial charge is 0.178 e. The molecule has 1 saturated heterocycles. The second-order valence-corrected chi connectivity index (χ2v) is 12.6. The molecular weight excluding hydrogens is 417 g/mol. The predicted molar refractivity (Wildman–Crippen MR) is 126 cm³/mol. The van der Waals surface area contributed by atoms with Gasteiger partial charge in [-0.3, -0.25) is 9.59 Å². The number of alkyl halides is 1. The highest BCUT2D eigenvalue weighted by atomic mass is 19.1. The molecular formula is C28H40FNO3. The summed E-state index contributed by atoms with van der Waals surface area (Å²) in [4.78, 5) is 27.9. The van der Waals surface area contributed by atoms with Crippen molar-refractivity contribution in [1.29, 1.82) is 0 Å². The van der Waals surface area contributed by atoms with Gasteiger partial charge < -0.3 is 10.0 Å². The SMILES string of the molecule is CC(C)CCN1CC2CC3C4CCC5=CC(=O)C=CC5(C)C4C(O)CC3(C)C2(C(=O)CF)C1. The molecule has 0 aromatic heterocycles. The van der Waals surface area contributed by atoms with Crippen molar-refractivity contribution >= 4 is 11.6 Å². The number of hydrogen-bond donors (Lipinski definition) is 1. The van der Waals surface area contributed by atoms with Crippen LogP contribution >= 0.6 is 0 Å². The molecule has 4 fully saturated rings. The van der Waals surface area contributed by atoms with Crippen LogP contribution < -0.4 is 0 Å². The van der Waals surface area contributed by atoms with Crippen molar-refractivity contribution in [2.45, 2.75) is 65.9 Å². The van der Waals surface area contributed by atoms with E-state index in [1.807, 2.05) is 6.08 Å². The standard InChI is InChI=1S/C28H40FNO3/c1-17(2)8-10-30-15-19-12-22-21-6-5-18-11-20(31)7-9-26(18,3)25(21)23(32)13-27(22,4)28(19,16-30)24(33)14-29/h7,9,11,17,19,21-23,25,32H,5-6,8,10,12-16H2,1-4H3. The number of aliphatic hydroxyl groups is 1. The number of fused-ring (bicyclic) bond motifs is 7. The van der Waals surface area contributed by atoms with Gasteiger partial charge in [-0.2, -0.15) is 0 Å². The number of Topliss-reactive ketones (excluding diaryl/α,β-unsaturated/α-hetero) is 1. The maximum Gasteiger partial charge on any atom is 0.178 e. The van der Waals surface area contributed by atoms with Crippen LogP contribution in [0.3, 0.4) is 0 Å². The van der Waals surface area contributed by atoms with Crippen LogP contribution in [-0.2, 0) is 9.59 Å². The van der Waals surface area contributed by atoms with Crippen molar-refractivity contribution in [2.75, 3.05) is 26.3 Å². The summed E-state index contributed by atoms with van der Waals surface area (Å²) in [6, 6.07) is 0. The molecule has 1 aliphatic heterocycles. The number of hydrogen-bond acceptors (Lipinski definition) is 4. The topological polar surface area (TPSA) is 57.6 Å². The summed E-state index contributed by atoms with van der Waals surface area (Å²) in [5.41, 5.74) is -0.244. The zero-order chi connectivity index (χ0) is 23.8. The van der Waals surface area contributed by atoms with E-state index in [1.165, 1.54) is 0 Å². The van der Waals surface area contributed by atoms with Gasteiger partial charge in [0.15, 0.2) is 11.6 Å². The molecule has 33 heavy (non-hydrogen) atoms. The van der Waals surface area contributed by atoms with E-state index in [-0.39, 0.29) is 40.2 Å². The number of carbonyl (C=O) groups excluding carboxylic acids is 2. The van der Waals surface area contributed by atoms with Gasteiger partial charge in [0.1, 0.15) is 6.67 Å². The van der Waals surface area contributed by atoms with Crippen LogP contribution in [0.25, 0.3) is 0 Å². The second kappa shape index (κ2) is 7.84. The van der Waals surface area contributed by atoms with Crippen LogP contribution in [0.5, 0.6) is 0 Å². The van der Waals surface area contributed by atoms with Crippen molar-refractivity contribution in [1.82, 2.24) is 4.90 Å². The second-order valence-electron chi connectivity index (χ2n) is 12.6. The van der Waals surface area contributed by atoms with Gasteiger partial charge in [0.2, 0.25) is 0 Å². The van der Waals surface area contributed by atoms with Crippen molar-refractivity contribution in [2.24, 2.45) is 45.8 Å². The summed E-state index contributed by atoms with van der Waals surface area (Å²) in [7, 11) is 0. The van der Waals surface area contributed by atoms with Crippen molar-refractivity contribution in [3.05, 3.63) is 23.8 Å². The Kier molecular flexibility index (Phi) is 5.57. The molecule has 1 N–H and O–H groups in total. The first-order valence-corrected chi connectivity index (χ1v) is 13.0. The van der Waals surface area contributed by atoms with E-state index in [4.69, 9.17) is 0 Å². The van der Waals surface area contributed by atoms with Gasteiger partial charge in [0, 0.05) is 24.4 Å². The normalized spacial score (nSPS) is 46.6. The zero-order valence-corrected chi connectivity index (χ0v) is 20.6. The van der Waals surface area contributed by atoms with Crippen molar-refractivity contribution in [3.63, 3.8) is 0 Å². The van der Waals surface area contributed by atoms with Gasteiger partial charge in [-0.25, -0.2) is 4.39 Å². The quantitative estimate of drug-likeness (QED) is 0.666. The highest BCUT2D eigenvalue weighted by Gasteiger charge is 2.73. The highest BCUT2D eigenvalue weighted by molar-refractivity contribution is 6.01. The Labute approximate surface area is 197 Å². The number of likely N-dealkylation sites (tertiary alicyclic amines) is 1. The monoisotopic (exact) mass is 457 g/mol. The van der Waals surface area contributed by atoms with Gasteiger partial charge in [0.05, 0.1) is 11.5 Å². The van der Waals surface area contributed by atoms with Crippen molar-refractivity contribution in [3.8, 4) is 0 Å². The summed E-state index contributed by atoms with van der Waals surface area (Å²) < 4.78 is 14.1. The minimum atomic E-state index is -0.906. The molecule has 4 aliphatic carbocycles. The maximum absolute atomic E-state index is 14.1. The first-order valence-electron chi connectivity index (χ1n) is 13.0. The Morgan fingerprint density at radius 2 is 2.09 bits per heavy atom. The van der Waals surface area contributed by atoms with Crippen LogP contribution in [-0.4, -0.2) is 54.0 Å². The maximum atomic E-state index is 14.1. The molecule has 0 aromatic carbocycles. The Bertz CT molecular complexity index is 911. The fourth-order valence-electron chi connectivity index (χ4n) is 9.23. The first kappa shape index (κ1) is 23.4. The molecule has 8 unspecified atom stereocenters. The summed E-state index contributed by atoms with van der Waals surface area (Å²) >= 11 is 0. The third-order valence-corrected chi connectivity index (χ3v) is 10.7. The Morgan fingerprint density at radius 1 is 1.33 bits per heavy atom. The van der Waals surface area contributed by atoms with Crippen molar-refractivity contribution < 1.29 is 19.1 Å². The van der Waals surface area contributed by atoms with Gasteiger partial charge in [-0.05, 0) is 79.9 Å². The van der Waals surface area contributed by atoms with Crippen LogP contribution in [0.1, 0.15) is 59.8 Å². The fraction of sp³-hybridized carbons (Fsp3) is 0.786. The van der Waals surface area contributed by atoms with E-state index in [1.54, 1.807) is 12.2 Å². The molecule has 5 rings (SSSR count). The van der Waals surface area contributed by atoms with Crippen LogP contribution in [0, 0.1) is 45.8 Å². The Balaban J connectivity index is 1.51. The largest absolute Gasteiger partial charge is 0.393 e. The molecule has 0 spiro atoms. The summed E-state index contributed by atoms with van der Waals surface area (Å²) in [6.45, 7) is 10.4. The van der Waals surface area contributed by atoms with Crippen LogP contribution in [0.2, 0.25) is 0 Å². The number of rotatable bonds is 5. The van der Waals surface area contributed by atoms with E-state index in [2.05, 4.69) is 32.6 Å². The van der Waals surface area contributed by atoms with Gasteiger partial charge in [-0.15, -0.1) is 0 Å². The minimum absolute atomic E-state index is 0.0421. The molecule has 5 aliphatic rings. The van der Waals surface area contributed by atoms with Gasteiger partial charge >= 0.3 is 0 Å². The first-order chi connectivity index (χ1) is 15.6. The van der Waals surface area contributed by atoms with E-state index in [0.717, 1.165) is 44.3 Å².